The molecule has 1 unspecified atom stereocenters. The molecule has 8 nitrogen and oxygen atoms in total. The third-order valence-corrected chi connectivity index (χ3v) is 5.65. The molecule has 0 aliphatic carbocycles. The fraction of sp³-hybridized carbons (Fsp3) is 0.200. The molecular weight excluding hydrogens is 424 g/mol. The molecule has 1 aliphatic rings. The van der Waals surface area contributed by atoms with E-state index >= 15 is 0 Å². The molecule has 0 spiro atoms. The lowest BCUT2D eigenvalue weighted by atomic mass is 9.94. The van der Waals surface area contributed by atoms with Crippen LogP contribution in [0, 0.1) is 10.1 Å². The third kappa shape index (κ3) is 4.55. The van der Waals surface area contributed by atoms with E-state index in [0.717, 1.165) is 16.7 Å². The van der Waals surface area contributed by atoms with Gasteiger partial charge in [0, 0.05) is 19.0 Å². The van der Waals surface area contributed by atoms with Gasteiger partial charge in [0.15, 0.2) is 11.5 Å². The Morgan fingerprint density at radius 2 is 1.79 bits per heavy atom. The van der Waals surface area contributed by atoms with Crippen LogP contribution in [0.3, 0.4) is 0 Å². The number of hydrogen-bond donors (Lipinski definition) is 0. The van der Waals surface area contributed by atoms with Crippen molar-refractivity contribution in [2.75, 3.05) is 7.11 Å². The fourth-order valence-corrected chi connectivity index (χ4v) is 3.93. The minimum absolute atomic E-state index is 0.153. The number of nitro groups is 1. The number of methoxy groups -OCH3 is 1. The van der Waals surface area contributed by atoms with Crippen LogP contribution in [0.1, 0.15) is 27.0 Å². The number of hydrogen-bond acceptors (Lipinski definition) is 6. The maximum absolute atomic E-state index is 13.4. The number of rotatable bonds is 7. The van der Waals surface area contributed by atoms with Gasteiger partial charge in [-0.25, -0.2) is 0 Å². The Bertz CT molecular complexity index is 1190. The van der Waals surface area contributed by atoms with E-state index in [-0.39, 0.29) is 30.2 Å². The number of fused-ring (bicyclic) bond motifs is 1. The number of benzene rings is 3. The van der Waals surface area contributed by atoms with Gasteiger partial charge in [-0.05, 0) is 16.7 Å². The smallest absolute Gasteiger partial charge is 0.286 e. The lowest BCUT2D eigenvalue weighted by Gasteiger charge is -2.34. The molecule has 8 heteroatoms. The van der Waals surface area contributed by atoms with Crippen molar-refractivity contribution in [2.45, 2.75) is 25.6 Å². The number of nitro benzene ring substituents is 1. The van der Waals surface area contributed by atoms with Crippen LogP contribution in [0.4, 0.5) is 5.69 Å². The highest BCUT2D eigenvalue weighted by atomic mass is 16.6. The van der Waals surface area contributed by atoms with Crippen molar-refractivity contribution in [1.82, 2.24) is 4.90 Å². The van der Waals surface area contributed by atoms with Gasteiger partial charge in [0.1, 0.15) is 18.5 Å². The van der Waals surface area contributed by atoms with Crippen LogP contribution < -0.4 is 9.47 Å². The minimum atomic E-state index is -0.716. The zero-order valence-corrected chi connectivity index (χ0v) is 18.0. The molecule has 0 fully saturated rings. The quantitative estimate of drug-likeness (QED) is 0.310. The Balaban J connectivity index is 1.68. The molecule has 3 aromatic rings. The van der Waals surface area contributed by atoms with Crippen molar-refractivity contribution in [3.8, 4) is 11.5 Å². The van der Waals surface area contributed by atoms with Gasteiger partial charge in [0.25, 0.3) is 11.6 Å². The monoisotopic (exact) mass is 446 g/mol. The molecule has 33 heavy (non-hydrogen) atoms. The Morgan fingerprint density at radius 1 is 1.09 bits per heavy atom. The van der Waals surface area contributed by atoms with Gasteiger partial charge in [0.05, 0.1) is 24.1 Å². The Labute approximate surface area is 190 Å². The molecule has 0 aromatic heterocycles. The minimum Gasteiger partial charge on any atom is -0.493 e. The van der Waals surface area contributed by atoms with Gasteiger partial charge in [-0.2, -0.15) is 0 Å². The normalized spacial score (nSPS) is 14.8. The van der Waals surface area contributed by atoms with E-state index in [2.05, 4.69) is 0 Å². The first-order valence-electron chi connectivity index (χ1n) is 10.4. The van der Waals surface area contributed by atoms with Gasteiger partial charge in [-0.1, -0.05) is 54.6 Å². The number of carbonyl (C=O) groups excluding carboxylic acids is 2. The van der Waals surface area contributed by atoms with E-state index in [1.807, 2.05) is 54.6 Å². The van der Waals surface area contributed by atoms with E-state index in [1.165, 1.54) is 24.1 Å². The average molecular weight is 446 g/mol. The summed E-state index contributed by atoms with van der Waals surface area (Å²) in [7, 11) is 1.40. The third-order valence-electron chi connectivity index (χ3n) is 5.65. The van der Waals surface area contributed by atoms with Crippen LogP contribution in [0.25, 0.3) is 0 Å². The average Bonchev–Trinajstić information content (AvgIpc) is 2.86. The zero-order valence-electron chi connectivity index (χ0n) is 18.0. The Hall–Kier alpha value is -4.20. The van der Waals surface area contributed by atoms with Crippen molar-refractivity contribution < 1.29 is 24.0 Å². The van der Waals surface area contributed by atoms with Gasteiger partial charge in [-0.3, -0.25) is 14.9 Å². The summed E-state index contributed by atoms with van der Waals surface area (Å²) in [5, 5.41) is 11.9. The van der Waals surface area contributed by atoms with E-state index in [9.17, 15) is 19.7 Å². The number of carbonyl (C=O) groups is 2. The van der Waals surface area contributed by atoms with Crippen LogP contribution in [0.2, 0.25) is 0 Å². The van der Waals surface area contributed by atoms with Crippen LogP contribution in [0.15, 0.2) is 66.7 Å². The van der Waals surface area contributed by atoms with Crippen LogP contribution >= 0.6 is 0 Å². The molecule has 1 aliphatic heterocycles. The van der Waals surface area contributed by atoms with Crippen LogP contribution in [-0.4, -0.2) is 35.2 Å². The molecule has 4 rings (SSSR count). The van der Waals surface area contributed by atoms with E-state index in [4.69, 9.17) is 9.47 Å². The van der Waals surface area contributed by atoms with Crippen molar-refractivity contribution in [2.24, 2.45) is 0 Å². The van der Waals surface area contributed by atoms with Gasteiger partial charge < -0.3 is 19.2 Å². The second-order valence-corrected chi connectivity index (χ2v) is 7.66. The maximum Gasteiger partial charge on any atom is 0.286 e. The molecule has 1 heterocycles. The molecule has 1 atom stereocenters. The fourth-order valence-electron chi connectivity index (χ4n) is 3.93. The number of aldehydes is 1. The summed E-state index contributed by atoms with van der Waals surface area (Å²) in [6, 6.07) is 18.7. The molecule has 1 amide bonds. The molecule has 0 radical (unpaired) electrons. The first kappa shape index (κ1) is 22.0. The van der Waals surface area contributed by atoms with Gasteiger partial charge in [0.2, 0.25) is 0 Å². The van der Waals surface area contributed by atoms with Crippen molar-refractivity contribution in [3.05, 3.63) is 99.1 Å². The summed E-state index contributed by atoms with van der Waals surface area (Å²) < 4.78 is 11.1. The maximum atomic E-state index is 13.4. The van der Waals surface area contributed by atoms with Crippen molar-refractivity contribution in [1.29, 1.82) is 0 Å². The van der Waals surface area contributed by atoms with Gasteiger partial charge >= 0.3 is 0 Å². The predicted octanol–water partition coefficient (Wildman–Crippen LogP) is 3.95. The summed E-state index contributed by atoms with van der Waals surface area (Å²) in [4.78, 5) is 37.8. The molecule has 0 saturated carbocycles. The molecule has 168 valence electrons. The van der Waals surface area contributed by atoms with E-state index < -0.39 is 22.6 Å². The lowest BCUT2D eigenvalue weighted by molar-refractivity contribution is -0.385. The van der Waals surface area contributed by atoms with E-state index in [1.54, 1.807) is 0 Å². The van der Waals surface area contributed by atoms with Crippen LogP contribution in [-0.2, 0) is 24.4 Å². The summed E-state index contributed by atoms with van der Waals surface area (Å²) in [6.45, 7) is 0.363. The van der Waals surface area contributed by atoms with Gasteiger partial charge in [-0.15, -0.1) is 0 Å². The highest BCUT2D eigenvalue weighted by Crippen LogP contribution is 2.37. The number of amides is 1. The Kier molecular flexibility index (Phi) is 6.35. The molecule has 0 saturated heterocycles. The summed E-state index contributed by atoms with van der Waals surface area (Å²) in [6.07, 6.45) is 1.06. The first-order valence-corrected chi connectivity index (χ1v) is 10.4. The number of nitrogens with zero attached hydrogens (tertiary/aromatic N) is 2. The number of ether oxygens (including phenoxy) is 2. The predicted molar refractivity (Wildman–Crippen MR) is 120 cm³/mol. The second kappa shape index (κ2) is 9.52. The molecule has 0 bridgehead atoms. The topological polar surface area (TPSA) is 99.0 Å². The van der Waals surface area contributed by atoms with Crippen molar-refractivity contribution in [3.63, 3.8) is 0 Å². The summed E-state index contributed by atoms with van der Waals surface area (Å²) in [5.74, 6) is -0.262. The second-order valence-electron chi connectivity index (χ2n) is 7.66. The molecule has 3 aromatic carbocycles. The zero-order chi connectivity index (χ0) is 23.4. The molecule has 0 N–H and O–H groups in total. The highest BCUT2D eigenvalue weighted by Gasteiger charge is 2.34. The Morgan fingerprint density at radius 3 is 2.45 bits per heavy atom. The summed E-state index contributed by atoms with van der Waals surface area (Å²) in [5.41, 5.74) is 2.20. The van der Waals surface area contributed by atoms with Crippen LogP contribution in [0.5, 0.6) is 11.5 Å². The summed E-state index contributed by atoms with van der Waals surface area (Å²) >= 11 is 0. The van der Waals surface area contributed by atoms with Crippen molar-refractivity contribution >= 4 is 17.9 Å². The SMILES string of the molecule is COc1cc(C(=O)N2Cc3ccccc3CC2C=O)c([N+](=O)[O-])cc1OCc1ccccc1. The van der Waals surface area contributed by atoms with E-state index in [0.29, 0.717) is 12.7 Å². The largest absolute Gasteiger partial charge is 0.493 e. The standard InChI is InChI=1S/C25H22N2O6/c1-32-23-12-21(22(27(30)31)13-24(23)33-16-17-7-3-2-4-8-17)25(29)26-14-19-10-6-5-9-18(19)11-20(26)15-28/h2-10,12-13,15,20H,11,14,16H2,1H3. The molecular formula is C25H22N2O6. The highest BCUT2D eigenvalue weighted by molar-refractivity contribution is 6.00. The first-order chi connectivity index (χ1) is 16.0. The lowest BCUT2D eigenvalue weighted by Crippen LogP contribution is -2.45.